The van der Waals surface area contributed by atoms with Crippen LogP contribution in [0.2, 0.25) is 0 Å². The molecule has 1 N–H and O–H groups in total. The van der Waals surface area contributed by atoms with Gasteiger partial charge in [0.15, 0.2) is 0 Å². The summed E-state index contributed by atoms with van der Waals surface area (Å²) in [5, 5.41) is 6.86. The maximum Gasteiger partial charge on any atom is 0.251 e. The molecule has 0 aliphatic heterocycles. The highest BCUT2D eigenvalue weighted by Gasteiger charge is 2.08. The standard InChI is InChI=1S/C20H17FN6O/c21-18-9-16(3-6-19(18)26-8-7-22-13-26)10-24-20(28)17-4-1-15(2-5-17)11-27-14-23-12-25-27/h1-9,12-14H,10-11H2,(H,24,28). The summed E-state index contributed by atoms with van der Waals surface area (Å²) in [6, 6.07) is 12.1. The van der Waals surface area contributed by atoms with E-state index in [0.29, 0.717) is 23.4 Å². The molecular weight excluding hydrogens is 359 g/mol. The molecule has 0 radical (unpaired) electrons. The molecule has 28 heavy (non-hydrogen) atoms. The summed E-state index contributed by atoms with van der Waals surface area (Å²) < 4.78 is 17.6. The highest BCUT2D eigenvalue weighted by Crippen LogP contribution is 2.15. The molecule has 0 aliphatic carbocycles. The average Bonchev–Trinajstić information content (AvgIpc) is 3.41. The lowest BCUT2D eigenvalue weighted by Crippen LogP contribution is -2.22. The zero-order chi connectivity index (χ0) is 19.3. The van der Waals surface area contributed by atoms with Crippen LogP contribution in [0.5, 0.6) is 0 Å². The molecular formula is C20H17FN6O. The van der Waals surface area contributed by atoms with Gasteiger partial charge < -0.3 is 9.88 Å². The van der Waals surface area contributed by atoms with Gasteiger partial charge in [-0.15, -0.1) is 0 Å². The fourth-order valence-corrected chi connectivity index (χ4v) is 2.82. The maximum atomic E-state index is 14.3. The molecule has 2 heterocycles. The van der Waals surface area contributed by atoms with Gasteiger partial charge >= 0.3 is 0 Å². The fraction of sp³-hybridized carbons (Fsp3) is 0.100. The van der Waals surface area contributed by atoms with E-state index in [1.54, 1.807) is 52.2 Å². The number of imidazole rings is 1. The van der Waals surface area contributed by atoms with E-state index in [2.05, 4.69) is 20.4 Å². The first-order valence-corrected chi connectivity index (χ1v) is 8.65. The molecule has 0 saturated heterocycles. The van der Waals surface area contributed by atoms with E-state index >= 15 is 0 Å². The first-order valence-electron chi connectivity index (χ1n) is 8.65. The maximum absolute atomic E-state index is 14.3. The Kier molecular flexibility index (Phi) is 4.92. The van der Waals surface area contributed by atoms with Crippen molar-refractivity contribution in [2.45, 2.75) is 13.1 Å². The number of nitrogens with one attached hydrogen (secondary N) is 1. The minimum Gasteiger partial charge on any atom is -0.348 e. The van der Waals surface area contributed by atoms with Gasteiger partial charge in [-0.1, -0.05) is 18.2 Å². The van der Waals surface area contributed by atoms with Crippen LogP contribution in [0.15, 0.2) is 73.8 Å². The summed E-state index contributed by atoms with van der Waals surface area (Å²) in [5.74, 6) is -0.589. The summed E-state index contributed by atoms with van der Waals surface area (Å²) >= 11 is 0. The lowest BCUT2D eigenvalue weighted by Gasteiger charge is -2.09. The Labute approximate surface area is 160 Å². The van der Waals surface area contributed by atoms with Crippen molar-refractivity contribution in [1.82, 2.24) is 29.6 Å². The molecule has 4 rings (SSSR count). The molecule has 2 aromatic carbocycles. The molecule has 4 aromatic rings. The van der Waals surface area contributed by atoms with Crippen LogP contribution in [0.1, 0.15) is 21.5 Å². The number of carbonyl (C=O) groups is 1. The quantitative estimate of drug-likeness (QED) is 0.561. The van der Waals surface area contributed by atoms with E-state index in [4.69, 9.17) is 0 Å². The van der Waals surface area contributed by atoms with Crippen LogP contribution in [0.25, 0.3) is 5.69 Å². The van der Waals surface area contributed by atoms with Crippen molar-refractivity contribution in [2.24, 2.45) is 0 Å². The molecule has 8 heteroatoms. The smallest absolute Gasteiger partial charge is 0.251 e. The number of hydrogen-bond acceptors (Lipinski definition) is 4. The van der Waals surface area contributed by atoms with Gasteiger partial charge in [-0.3, -0.25) is 4.79 Å². The predicted octanol–water partition coefficient (Wildman–Crippen LogP) is 2.58. The Morgan fingerprint density at radius 2 is 1.86 bits per heavy atom. The van der Waals surface area contributed by atoms with Gasteiger partial charge in [0.05, 0.1) is 18.6 Å². The molecule has 1 amide bonds. The van der Waals surface area contributed by atoms with Crippen molar-refractivity contribution < 1.29 is 9.18 Å². The number of amides is 1. The predicted molar refractivity (Wildman–Crippen MR) is 100 cm³/mol. The highest BCUT2D eigenvalue weighted by atomic mass is 19.1. The Morgan fingerprint density at radius 3 is 2.54 bits per heavy atom. The molecule has 2 aromatic heterocycles. The van der Waals surface area contributed by atoms with Crippen LogP contribution in [0.3, 0.4) is 0 Å². The minimum absolute atomic E-state index is 0.216. The normalized spacial score (nSPS) is 10.8. The van der Waals surface area contributed by atoms with Gasteiger partial charge in [-0.2, -0.15) is 5.10 Å². The second-order valence-electron chi connectivity index (χ2n) is 6.23. The van der Waals surface area contributed by atoms with Crippen molar-refractivity contribution in [3.8, 4) is 5.69 Å². The van der Waals surface area contributed by atoms with E-state index in [1.165, 1.54) is 18.7 Å². The van der Waals surface area contributed by atoms with Crippen molar-refractivity contribution in [2.75, 3.05) is 0 Å². The number of nitrogens with zero attached hydrogens (tertiary/aromatic N) is 5. The molecule has 0 bridgehead atoms. The number of carbonyl (C=O) groups excluding carboxylic acids is 1. The van der Waals surface area contributed by atoms with Crippen LogP contribution >= 0.6 is 0 Å². The summed E-state index contributed by atoms with van der Waals surface area (Å²) in [7, 11) is 0. The summed E-state index contributed by atoms with van der Waals surface area (Å²) in [4.78, 5) is 20.2. The number of rotatable bonds is 6. The lowest BCUT2D eigenvalue weighted by molar-refractivity contribution is 0.0951. The van der Waals surface area contributed by atoms with Crippen molar-refractivity contribution in [1.29, 1.82) is 0 Å². The largest absolute Gasteiger partial charge is 0.348 e. The van der Waals surface area contributed by atoms with E-state index in [1.807, 2.05) is 12.1 Å². The van der Waals surface area contributed by atoms with Gasteiger partial charge in [-0.25, -0.2) is 19.0 Å². The molecule has 0 atom stereocenters. The van der Waals surface area contributed by atoms with Crippen molar-refractivity contribution >= 4 is 5.91 Å². The summed E-state index contributed by atoms with van der Waals surface area (Å²) in [6.07, 6.45) is 7.91. The van der Waals surface area contributed by atoms with Crippen LogP contribution in [0.4, 0.5) is 4.39 Å². The molecule has 0 aliphatic rings. The van der Waals surface area contributed by atoms with Crippen LogP contribution < -0.4 is 5.32 Å². The van der Waals surface area contributed by atoms with E-state index in [0.717, 1.165) is 5.56 Å². The third-order valence-corrected chi connectivity index (χ3v) is 4.28. The zero-order valence-corrected chi connectivity index (χ0v) is 14.9. The van der Waals surface area contributed by atoms with Gasteiger partial charge in [-0.05, 0) is 35.4 Å². The molecule has 140 valence electrons. The monoisotopic (exact) mass is 376 g/mol. The first-order chi connectivity index (χ1) is 13.7. The number of halogens is 1. The third kappa shape index (κ3) is 3.96. The minimum atomic E-state index is -0.373. The zero-order valence-electron chi connectivity index (χ0n) is 14.9. The Morgan fingerprint density at radius 1 is 1.04 bits per heavy atom. The summed E-state index contributed by atoms with van der Waals surface area (Å²) in [6.45, 7) is 0.825. The van der Waals surface area contributed by atoms with Gasteiger partial charge in [0.2, 0.25) is 0 Å². The van der Waals surface area contributed by atoms with E-state index in [-0.39, 0.29) is 18.3 Å². The SMILES string of the molecule is O=C(NCc1ccc(-n2ccnc2)c(F)c1)c1ccc(Cn2cncn2)cc1. The third-order valence-electron chi connectivity index (χ3n) is 4.28. The Balaban J connectivity index is 1.37. The Bertz CT molecular complexity index is 1060. The van der Waals surface area contributed by atoms with Crippen LogP contribution in [-0.4, -0.2) is 30.2 Å². The molecule has 0 fully saturated rings. The summed E-state index contributed by atoms with van der Waals surface area (Å²) in [5.41, 5.74) is 2.64. The Hall–Kier alpha value is -3.81. The van der Waals surface area contributed by atoms with E-state index in [9.17, 15) is 9.18 Å². The first kappa shape index (κ1) is 17.6. The van der Waals surface area contributed by atoms with E-state index < -0.39 is 0 Å². The van der Waals surface area contributed by atoms with Gasteiger partial charge in [0.1, 0.15) is 18.5 Å². The molecule has 0 unspecified atom stereocenters. The molecule has 0 saturated carbocycles. The highest BCUT2D eigenvalue weighted by molar-refractivity contribution is 5.94. The van der Waals surface area contributed by atoms with Crippen molar-refractivity contribution in [3.05, 3.63) is 96.3 Å². The van der Waals surface area contributed by atoms with Crippen LogP contribution in [-0.2, 0) is 13.1 Å². The second-order valence-corrected chi connectivity index (χ2v) is 6.23. The van der Waals surface area contributed by atoms with Gasteiger partial charge in [0.25, 0.3) is 5.91 Å². The van der Waals surface area contributed by atoms with Crippen molar-refractivity contribution in [3.63, 3.8) is 0 Å². The number of aromatic nitrogens is 5. The number of hydrogen-bond donors (Lipinski definition) is 1. The topological polar surface area (TPSA) is 77.6 Å². The molecule has 7 nitrogen and oxygen atoms in total. The van der Waals surface area contributed by atoms with Crippen LogP contribution in [0, 0.1) is 5.82 Å². The second kappa shape index (κ2) is 7.83. The lowest BCUT2D eigenvalue weighted by atomic mass is 10.1. The fourth-order valence-electron chi connectivity index (χ4n) is 2.82. The molecule has 0 spiro atoms. The van der Waals surface area contributed by atoms with Gasteiger partial charge in [0, 0.05) is 24.5 Å². The number of benzene rings is 2. The average molecular weight is 376 g/mol.